The number of carboxylic acids is 2. The highest BCUT2D eigenvalue weighted by Crippen LogP contribution is 1.93. The summed E-state index contributed by atoms with van der Waals surface area (Å²) in [4.78, 5) is 23.0. The minimum absolute atomic E-state index is 0. The SMILES string of the molecule is C#CCOCCOCCOCCOCCN(CCOCCOCCOCCOCCC(=O)O)CCOCCOCCOCCOCCC(=O)O.Cl. The summed E-state index contributed by atoms with van der Waals surface area (Å²) in [6.07, 6.45) is 5.07. The van der Waals surface area contributed by atoms with Crippen molar-refractivity contribution >= 4 is 24.3 Å². The fraction of sp³-hybridized carbons (Fsp3) is 0.879. The van der Waals surface area contributed by atoms with Crippen LogP contribution < -0.4 is 0 Å². The zero-order valence-corrected chi connectivity index (χ0v) is 30.9. The van der Waals surface area contributed by atoms with Gasteiger partial charge >= 0.3 is 11.9 Å². The van der Waals surface area contributed by atoms with Crippen LogP contribution in [0.1, 0.15) is 12.8 Å². The molecule has 0 aliphatic heterocycles. The van der Waals surface area contributed by atoms with Gasteiger partial charge in [0.2, 0.25) is 0 Å². The second kappa shape index (κ2) is 44.4. The van der Waals surface area contributed by atoms with Gasteiger partial charge in [0, 0.05) is 19.6 Å². The largest absolute Gasteiger partial charge is 0.481 e. The minimum Gasteiger partial charge on any atom is -0.481 e. The highest BCUT2D eigenvalue weighted by molar-refractivity contribution is 5.85. The zero-order valence-electron chi connectivity index (χ0n) is 30.0. The molecule has 0 unspecified atom stereocenters. The molecule has 0 aromatic rings. The monoisotopic (exact) mass is 763 g/mol. The van der Waals surface area contributed by atoms with E-state index in [0.29, 0.717) is 158 Å². The van der Waals surface area contributed by atoms with Crippen molar-refractivity contribution in [3.8, 4) is 12.3 Å². The van der Waals surface area contributed by atoms with Crippen molar-refractivity contribution in [1.29, 1.82) is 0 Å². The van der Waals surface area contributed by atoms with Crippen molar-refractivity contribution in [2.75, 3.05) is 178 Å². The van der Waals surface area contributed by atoms with E-state index in [0.717, 1.165) is 0 Å². The van der Waals surface area contributed by atoms with Gasteiger partial charge in [-0.25, -0.2) is 0 Å². The van der Waals surface area contributed by atoms with Crippen LogP contribution in [0.2, 0.25) is 0 Å². The van der Waals surface area contributed by atoms with Crippen LogP contribution in [-0.2, 0) is 66.4 Å². The summed E-state index contributed by atoms with van der Waals surface area (Å²) in [7, 11) is 0. The number of hydrogen-bond donors (Lipinski definition) is 2. The Morgan fingerprint density at radius 1 is 0.392 bits per heavy atom. The first-order chi connectivity index (χ1) is 24.6. The number of nitrogens with zero attached hydrogens (tertiary/aromatic N) is 1. The van der Waals surface area contributed by atoms with Crippen LogP contribution in [0.15, 0.2) is 0 Å². The van der Waals surface area contributed by atoms with Crippen LogP contribution in [0.5, 0.6) is 0 Å². The van der Waals surface area contributed by atoms with E-state index in [1.807, 2.05) is 0 Å². The summed E-state index contributed by atoms with van der Waals surface area (Å²) < 4.78 is 65.4. The van der Waals surface area contributed by atoms with Crippen LogP contribution in [-0.4, -0.2) is 205 Å². The maximum Gasteiger partial charge on any atom is 0.305 e. The van der Waals surface area contributed by atoms with Crippen molar-refractivity contribution in [1.82, 2.24) is 4.90 Å². The molecule has 2 N–H and O–H groups in total. The molecule has 0 spiro atoms. The van der Waals surface area contributed by atoms with Gasteiger partial charge < -0.3 is 67.1 Å². The molecule has 0 radical (unpaired) electrons. The number of carbonyl (C=O) groups is 2. The van der Waals surface area contributed by atoms with E-state index < -0.39 is 11.9 Å². The van der Waals surface area contributed by atoms with Crippen molar-refractivity contribution in [2.45, 2.75) is 12.8 Å². The maximum absolute atomic E-state index is 10.4. The van der Waals surface area contributed by atoms with Crippen LogP contribution in [0.25, 0.3) is 0 Å². The number of aliphatic carboxylic acids is 2. The van der Waals surface area contributed by atoms with Crippen molar-refractivity contribution in [3.05, 3.63) is 0 Å². The number of ether oxygens (including phenoxy) is 12. The second-order valence-electron chi connectivity index (χ2n) is 10.1. The lowest BCUT2D eigenvalue weighted by Gasteiger charge is -2.22. The molecule has 0 bridgehead atoms. The Balaban J connectivity index is 0. The van der Waals surface area contributed by atoms with Gasteiger partial charge in [-0.05, 0) is 0 Å². The summed E-state index contributed by atoms with van der Waals surface area (Å²) in [5.74, 6) is 0.626. The molecule has 302 valence electrons. The smallest absolute Gasteiger partial charge is 0.305 e. The van der Waals surface area contributed by atoms with Gasteiger partial charge in [0.15, 0.2) is 0 Å². The Labute approximate surface area is 309 Å². The van der Waals surface area contributed by atoms with Gasteiger partial charge in [0.05, 0.1) is 165 Å². The molecule has 0 fully saturated rings. The Kier molecular flexibility index (Phi) is 44.8. The Morgan fingerprint density at radius 3 is 0.843 bits per heavy atom. The van der Waals surface area contributed by atoms with Gasteiger partial charge in [-0.1, -0.05) is 5.92 Å². The molecule has 0 atom stereocenters. The third-order valence-electron chi connectivity index (χ3n) is 6.11. The van der Waals surface area contributed by atoms with Crippen LogP contribution in [0.3, 0.4) is 0 Å². The summed E-state index contributed by atoms with van der Waals surface area (Å²) in [6.45, 7) is 12.1. The van der Waals surface area contributed by atoms with Gasteiger partial charge in [-0.3, -0.25) is 14.5 Å². The lowest BCUT2D eigenvalue weighted by molar-refractivity contribution is -0.139. The summed E-state index contributed by atoms with van der Waals surface area (Å²) in [5, 5.41) is 17.1. The number of carboxylic acid groups (broad SMARTS) is 2. The third kappa shape index (κ3) is 46.2. The number of halogens is 1. The average molecular weight is 764 g/mol. The van der Waals surface area contributed by atoms with Crippen molar-refractivity contribution in [2.24, 2.45) is 0 Å². The van der Waals surface area contributed by atoms with E-state index in [2.05, 4.69) is 10.8 Å². The van der Waals surface area contributed by atoms with Gasteiger partial charge in [-0.2, -0.15) is 0 Å². The third-order valence-corrected chi connectivity index (χ3v) is 6.11. The molecule has 51 heavy (non-hydrogen) atoms. The number of rotatable bonds is 43. The Bertz CT molecular complexity index is 738. The van der Waals surface area contributed by atoms with Crippen LogP contribution in [0.4, 0.5) is 0 Å². The first-order valence-corrected chi connectivity index (χ1v) is 17.1. The molecular formula is C33H62ClNO16. The fourth-order valence-corrected chi connectivity index (χ4v) is 3.55. The van der Waals surface area contributed by atoms with Gasteiger partial charge in [-0.15, -0.1) is 18.8 Å². The van der Waals surface area contributed by atoms with Crippen LogP contribution >= 0.6 is 12.4 Å². The minimum atomic E-state index is -0.887. The molecular weight excluding hydrogens is 702 g/mol. The average Bonchev–Trinajstić information content (AvgIpc) is 3.09. The highest BCUT2D eigenvalue weighted by atomic mass is 35.5. The molecule has 0 rings (SSSR count). The zero-order chi connectivity index (χ0) is 36.4. The maximum atomic E-state index is 10.4. The van der Waals surface area contributed by atoms with E-state index in [9.17, 15) is 9.59 Å². The Hall–Kier alpha value is -1.73. The van der Waals surface area contributed by atoms with E-state index in [4.69, 9.17) is 73.5 Å². The topological polar surface area (TPSA) is 189 Å². The lowest BCUT2D eigenvalue weighted by atomic mass is 10.4. The summed E-state index contributed by atoms with van der Waals surface area (Å²) in [5.41, 5.74) is 0. The van der Waals surface area contributed by atoms with Crippen LogP contribution in [0, 0.1) is 12.3 Å². The lowest BCUT2D eigenvalue weighted by Crippen LogP contribution is -2.34. The molecule has 0 saturated carbocycles. The van der Waals surface area contributed by atoms with E-state index in [1.54, 1.807) is 0 Å². The molecule has 0 aliphatic rings. The summed E-state index contributed by atoms with van der Waals surface area (Å²) in [6, 6.07) is 0. The van der Waals surface area contributed by atoms with E-state index in [1.165, 1.54) is 0 Å². The van der Waals surface area contributed by atoms with Gasteiger partial charge in [0.1, 0.15) is 6.61 Å². The number of hydrogen-bond acceptors (Lipinski definition) is 15. The molecule has 0 amide bonds. The normalized spacial score (nSPS) is 11.1. The molecule has 0 aliphatic carbocycles. The molecule has 0 saturated heterocycles. The van der Waals surface area contributed by atoms with E-state index in [-0.39, 0.29) is 45.1 Å². The summed E-state index contributed by atoms with van der Waals surface area (Å²) >= 11 is 0. The molecule has 17 nitrogen and oxygen atoms in total. The van der Waals surface area contributed by atoms with E-state index >= 15 is 0 Å². The first kappa shape index (κ1) is 51.4. The molecule has 0 aromatic carbocycles. The number of terminal acetylenes is 1. The first-order valence-electron chi connectivity index (χ1n) is 17.1. The fourth-order valence-electron chi connectivity index (χ4n) is 3.55. The molecule has 18 heteroatoms. The second-order valence-corrected chi connectivity index (χ2v) is 10.1. The predicted octanol–water partition coefficient (Wildman–Crippen LogP) is 0.492. The van der Waals surface area contributed by atoms with Gasteiger partial charge in [0.25, 0.3) is 0 Å². The molecule has 0 aromatic heterocycles. The quantitative estimate of drug-likeness (QED) is 0.0645. The van der Waals surface area contributed by atoms with Crippen molar-refractivity contribution in [3.63, 3.8) is 0 Å². The van der Waals surface area contributed by atoms with Crippen molar-refractivity contribution < 1.29 is 76.6 Å². The Morgan fingerprint density at radius 2 is 0.608 bits per heavy atom. The predicted molar refractivity (Wildman–Crippen MR) is 187 cm³/mol. The molecule has 0 heterocycles. The highest BCUT2D eigenvalue weighted by Gasteiger charge is 2.06. The standard InChI is InChI=1S/C33H61NO16.ClH/c1-2-8-39-14-20-45-26-29-48-23-17-42-11-5-34(6-12-43-18-24-49-30-27-46-21-15-40-9-3-32(35)36)7-13-44-19-25-50-31-28-47-22-16-41-10-4-33(37)38;/h1H,3-31H2,(H,35,36)(H,37,38);1H.